The molecule has 2 atom stereocenters. The van der Waals surface area contributed by atoms with Gasteiger partial charge in [0.1, 0.15) is 0 Å². The normalized spacial score (nSPS) is 18.7. The van der Waals surface area contributed by atoms with Crippen molar-refractivity contribution < 1.29 is 4.57 Å². The van der Waals surface area contributed by atoms with Crippen LogP contribution in [0.3, 0.4) is 0 Å². The second-order valence-electron chi connectivity index (χ2n) is 4.10. The Morgan fingerprint density at radius 3 is 2.25 bits per heavy atom. The lowest BCUT2D eigenvalue weighted by atomic mass is 10.1. The zero-order valence-electron chi connectivity index (χ0n) is 8.97. The highest BCUT2D eigenvalue weighted by molar-refractivity contribution is 7.63. The van der Waals surface area contributed by atoms with Crippen molar-refractivity contribution >= 4 is 7.14 Å². The summed E-state index contributed by atoms with van der Waals surface area (Å²) < 4.78 is 11.9. The smallest absolute Gasteiger partial charge is 0.0851 e. The summed E-state index contributed by atoms with van der Waals surface area (Å²) in [6, 6.07) is 0. The zero-order chi connectivity index (χ0) is 9.61. The molecule has 0 amide bonds. The Morgan fingerprint density at radius 2 is 1.83 bits per heavy atom. The molecule has 0 aliphatic heterocycles. The third-order valence-corrected chi connectivity index (χ3v) is 4.96. The summed E-state index contributed by atoms with van der Waals surface area (Å²) in [4.78, 5) is 0. The van der Waals surface area contributed by atoms with Crippen LogP contribution in [0, 0.1) is 5.92 Å². The highest BCUT2D eigenvalue weighted by Gasteiger charge is 2.17. The van der Waals surface area contributed by atoms with Crippen LogP contribution in [0.15, 0.2) is 0 Å². The third kappa shape index (κ3) is 5.83. The lowest BCUT2D eigenvalue weighted by Crippen LogP contribution is -2.03. The fourth-order valence-corrected chi connectivity index (χ4v) is 4.44. The number of hydrogen-bond acceptors (Lipinski definition) is 1. The largest absolute Gasteiger partial charge is 0.324 e. The molecule has 0 aromatic heterocycles. The second kappa shape index (κ2) is 5.80. The van der Waals surface area contributed by atoms with E-state index in [0.29, 0.717) is 5.92 Å². The van der Waals surface area contributed by atoms with E-state index in [4.69, 9.17) is 0 Å². The van der Waals surface area contributed by atoms with E-state index < -0.39 is 7.14 Å². The molecule has 0 radical (unpaired) electrons. The average Bonchev–Trinajstić information content (AvgIpc) is 1.85. The van der Waals surface area contributed by atoms with Crippen molar-refractivity contribution in [1.82, 2.24) is 0 Å². The van der Waals surface area contributed by atoms with Gasteiger partial charge in [-0.3, -0.25) is 0 Å². The molecule has 0 spiro atoms. The lowest BCUT2D eigenvalue weighted by Gasteiger charge is -2.16. The summed E-state index contributed by atoms with van der Waals surface area (Å²) in [5.41, 5.74) is 0. The quantitative estimate of drug-likeness (QED) is 0.582. The van der Waals surface area contributed by atoms with Crippen LogP contribution in [0.2, 0.25) is 0 Å². The average molecular weight is 190 g/mol. The van der Waals surface area contributed by atoms with Crippen LogP contribution >= 0.6 is 7.14 Å². The molecule has 0 aliphatic carbocycles. The standard InChI is InChI=1S/C10H23OP/c1-5-7-10(3)9-12(4,11)8-6-2/h10H,5-9H2,1-4H3. The van der Waals surface area contributed by atoms with Crippen molar-refractivity contribution in [2.75, 3.05) is 19.0 Å². The van der Waals surface area contributed by atoms with Crippen molar-refractivity contribution in [3.05, 3.63) is 0 Å². The van der Waals surface area contributed by atoms with E-state index in [1.807, 2.05) is 6.66 Å². The molecule has 0 rings (SSSR count). The highest BCUT2D eigenvalue weighted by atomic mass is 31.2. The summed E-state index contributed by atoms with van der Waals surface area (Å²) in [5, 5.41) is 0. The Hall–Kier alpha value is 0.230. The van der Waals surface area contributed by atoms with Gasteiger partial charge < -0.3 is 4.57 Å². The topological polar surface area (TPSA) is 17.1 Å². The van der Waals surface area contributed by atoms with E-state index in [1.54, 1.807) is 0 Å². The molecule has 1 nitrogen and oxygen atoms in total. The van der Waals surface area contributed by atoms with Crippen molar-refractivity contribution in [3.63, 3.8) is 0 Å². The minimum Gasteiger partial charge on any atom is -0.324 e. The van der Waals surface area contributed by atoms with Crippen molar-refractivity contribution in [2.45, 2.75) is 40.0 Å². The Kier molecular flexibility index (Phi) is 5.92. The first-order chi connectivity index (χ1) is 5.52. The van der Waals surface area contributed by atoms with E-state index in [0.717, 1.165) is 18.7 Å². The number of hydrogen-bond donors (Lipinski definition) is 0. The fourth-order valence-electron chi connectivity index (χ4n) is 1.81. The summed E-state index contributed by atoms with van der Waals surface area (Å²) in [5.74, 6) is 0.650. The summed E-state index contributed by atoms with van der Waals surface area (Å²) in [7, 11) is -1.78. The molecule has 0 saturated heterocycles. The Bertz CT molecular complexity index is 154. The van der Waals surface area contributed by atoms with Crippen LogP contribution in [-0.2, 0) is 4.57 Å². The van der Waals surface area contributed by atoms with Crippen LogP contribution in [0.5, 0.6) is 0 Å². The van der Waals surface area contributed by atoms with E-state index in [9.17, 15) is 4.57 Å². The Labute approximate surface area is 77.3 Å². The van der Waals surface area contributed by atoms with E-state index >= 15 is 0 Å². The molecule has 0 saturated carbocycles. The SMILES string of the molecule is CCCC(C)CP(C)(=O)CCC. The molecule has 0 aromatic rings. The molecule has 0 N–H and O–H groups in total. The Balaban J connectivity index is 3.79. The summed E-state index contributed by atoms with van der Waals surface area (Å²) in [6.07, 6.45) is 5.39. The van der Waals surface area contributed by atoms with Gasteiger partial charge in [0.05, 0.1) is 7.14 Å². The van der Waals surface area contributed by atoms with Gasteiger partial charge in [-0.2, -0.15) is 0 Å². The van der Waals surface area contributed by atoms with Crippen molar-refractivity contribution in [1.29, 1.82) is 0 Å². The monoisotopic (exact) mass is 190 g/mol. The lowest BCUT2D eigenvalue weighted by molar-refractivity contribution is 0.542. The number of rotatable bonds is 6. The van der Waals surface area contributed by atoms with Gasteiger partial charge in [-0.1, -0.05) is 33.6 Å². The van der Waals surface area contributed by atoms with Gasteiger partial charge in [-0.15, -0.1) is 0 Å². The van der Waals surface area contributed by atoms with Crippen LogP contribution in [0.4, 0.5) is 0 Å². The first-order valence-electron chi connectivity index (χ1n) is 5.07. The van der Waals surface area contributed by atoms with E-state index in [-0.39, 0.29) is 0 Å². The summed E-state index contributed by atoms with van der Waals surface area (Å²) >= 11 is 0. The minimum absolute atomic E-state index is 0.650. The van der Waals surface area contributed by atoms with Crippen molar-refractivity contribution in [2.24, 2.45) is 5.92 Å². The minimum atomic E-state index is -1.78. The summed E-state index contributed by atoms with van der Waals surface area (Å²) in [6.45, 7) is 8.48. The highest BCUT2D eigenvalue weighted by Crippen LogP contribution is 2.44. The van der Waals surface area contributed by atoms with Crippen molar-refractivity contribution in [3.8, 4) is 0 Å². The maximum absolute atomic E-state index is 11.9. The van der Waals surface area contributed by atoms with Crippen LogP contribution in [0.1, 0.15) is 40.0 Å². The fraction of sp³-hybridized carbons (Fsp3) is 1.00. The van der Waals surface area contributed by atoms with Crippen LogP contribution in [0.25, 0.3) is 0 Å². The first kappa shape index (κ1) is 12.2. The van der Waals surface area contributed by atoms with E-state index in [2.05, 4.69) is 20.8 Å². The van der Waals surface area contributed by atoms with Gasteiger partial charge in [0, 0.05) is 12.3 Å². The van der Waals surface area contributed by atoms with Crippen LogP contribution in [-0.4, -0.2) is 19.0 Å². The van der Waals surface area contributed by atoms with Gasteiger partial charge in [0.15, 0.2) is 0 Å². The Morgan fingerprint density at radius 1 is 1.25 bits per heavy atom. The van der Waals surface area contributed by atoms with Gasteiger partial charge in [0.25, 0.3) is 0 Å². The molecule has 12 heavy (non-hydrogen) atoms. The molecule has 0 fully saturated rings. The molecule has 2 heteroatoms. The molecule has 2 unspecified atom stereocenters. The molecule has 0 heterocycles. The third-order valence-electron chi connectivity index (χ3n) is 2.18. The molecule has 0 bridgehead atoms. The van der Waals surface area contributed by atoms with Gasteiger partial charge in [-0.05, 0) is 19.0 Å². The maximum Gasteiger partial charge on any atom is 0.0851 e. The maximum atomic E-state index is 11.9. The van der Waals surface area contributed by atoms with Crippen LogP contribution < -0.4 is 0 Å². The van der Waals surface area contributed by atoms with Gasteiger partial charge in [0.2, 0.25) is 0 Å². The molecular formula is C10H23OP. The first-order valence-corrected chi connectivity index (χ1v) is 7.59. The molecule has 0 aromatic carbocycles. The van der Waals surface area contributed by atoms with E-state index in [1.165, 1.54) is 12.8 Å². The van der Waals surface area contributed by atoms with Gasteiger partial charge in [-0.25, -0.2) is 0 Å². The zero-order valence-corrected chi connectivity index (χ0v) is 9.86. The molecule has 0 aliphatic rings. The molecule has 74 valence electrons. The predicted molar refractivity (Wildman–Crippen MR) is 57.6 cm³/mol. The molecular weight excluding hydrogens is 167 g/mol. The van der Waals surface area contributed by atoms with Gasteiger partial charge >= 0.3 is 0 Å². The second-order valence-corrected chi connectivity index (χ2v) is 7.50. The predicted octanol–water partition coefficient (Wildman–Crippen LogP) is 3.83.